The lowest BCUT2D eigenvalue weighted by Gasteiger charge is -2.42. The van der Waals surface area contributed by atoms with Gasteiger partial charge in [-0.05, 0) is 197 Å². The average molecular weight is 1230 g/mol. The van der Waals surface area contributed by atoms with Crippen molar-refractivity contribution in [2.75, 3.05) is 9.80 Å². The molecule has 4 heteroatoms. The number of anilines is 4. The molecule has 0 fully saturated rings. The largest absolute Gasteiger partial charge is 0.329 e. The number of hydrogen-bond donors (Lipinski definition) is 0. The Hall–Kier alpha value is -8.08. The highest BCUT2D eigenvalue weighted by Gasteiger charge is 2.38. The van der Waals surface area contributed by atoms with E-state index in [9.17, 15) is 0 Å². The molecule has 93 heavy (non-hydrogen) atoms. The van der Waals surface area contributed by atoms with Crippen LogP contribution < -0.4 is 9.80 Å². The van der Waals surface area contributed by atoms with Gasteiger partial charge in [0.15, 0.2) is 0 Å². The van der Waals surface area contributed by atoms with Gasteiger partial charge in [-0.3, -0.25) is 0 Å². The van der Waals surface area contributed by atoms with Crippen molar-refractivity contribution in [2.45, 2.75) is 216 Å². The van der Waals surface area contributed by atoms with E-state index in [2.05, 4.69) is 385 Å². The van der Waals surface area contributed by atoms with Crippen LogP contribution in [0.3, 0.4) is 0 Å². The second kappa shape index (κ2) is 23.4. The second-order valence-electron chi connectivity index (χ2n) is 35.0. The fraction of sp³-hybridized carbons (Fsp3) is 0.371. The summed E-state index contributed by atoms with van der Waals surface area (Å²) >= 11 is 0. The molecule has 8 aromatic carbocycles. The van der Waals surface area contributed by atoms with E-state index >= 15 is 0 Å². The summed E-state index contributed by atoms with van der Waals surface area (Å²) in [6.45, 7) is 55.6. The van der Waals surface area contributed by atoms with Crippen LogP contribution in [0, 0.1) is 0 Å². The molecule has 4 nitrogen and oxygen atoms in total. The molecule has 1 aliphatic carbocycles. The Labute approximate surface area is 559 Å². The Bertz CT molecular complexity index is 4300. The highest BCUT2D eigenvalue weighted by atomic mass is 15.2. The van der Waals surface area contributed by atoms with Gasteiger partial charge >= 0.3 is 0 Å². The summed E-state index contributed by atoms with van der Waals surface area (Å²) < 4.78 is 5.09. The van der Waals surface area contributed by atoms with E-state index in [1.807, 2.05) is 0 Å². The Morgan fingerprint density at radius 3 is 0.839 bits per heavy atom. The van der Waals surface area contributed by atoms with Crippen LogP contribution in [0.1, 0.15) is 217 Å². The molecule has 0 N–H and O–H groups in total. The summed E-state index contributed by atoms with van der Waals surface area (Å²) in [5.41, 5.74) is 22.9. The summed E-state index contributed by atoms with van der Waals surface area (Å²) in [6.07, 6.45) is 11.9. The summed E-state index contributed by atoms with van der Waals surface area (Å²) in [5, 5.41) is 5.08. The summed E-state index contributed by atoms with van der Waals surface area (Å²) in [7, 11) is 0. The number of allylic oxidation sites excluding steroid dienone is 5. The molecular formula is C89H106N4. The van der Waals surface area contributed by atoms with Crippen LogP contribution in [0.25, 0.3) is 49.8 Å². The SMILES string of the molecule is CC(C)(C)c1ccc(N(C2=CC(N(c3ccc(C(C)(C)C)cc3)c3ccc(C(C)(C)C)cc3)=C2C(/C=C\C=C\n2c3ccc(C(C)(C)C)cc3c3cc(C(C)(C)C)ccc32)n2c3ccc(C(C)(C)C)cc3c3cc(C(C)(C)C)ccc32)c2ccc(C(C)(C)C)cc2)cc1. The molecule has 0 spiro atoms. The van der Waals surface area contributed by atoms with Crippen molar-refractivity contribution in [1.29, 1.82) is 0 Å². The van der Waals surface area contributed by atoms with Gasteiger partial charge in [-0.1, -0.05) is 251 Å². The van der Waals surface area contributed by atoms with Crippen molar-refractivity contribution in [3.05, 3.63) is 256 Å². The number of aromatic nitrogens is 2. The van der Waals surface area contributed by atoms with Crippen LogP contribution in [0.15, 0.2) is 211 Å². The maximum Gasteiger partial charge on any atom is 0.0820 e. The van der Waals surface area contributed by atoms with E-state index in [0.29, 0.717) is 0 Å². The van der Waals surface area contributed by atoms with E-state index in [-0.39, 0.29) is 49.4 Å². The zero-order chi connectivity index (χ0) is 67.5. The molecule has 2 aromatic heterocycles. The smallest absolute Gasteiger partial charge is 0.0820 e. The molecule has 11 rings (SSSR count). The first-order chi connectivity index (χ1) is 43.2. The molecule has 10 aromatic rings. The minimum Gasteiger partial charge on any atom is -0.329 e. The van der Waals surface area contributed by atoms with Crippen LogP contribution >= 0.6 is 0 Å². The molecule has 0 bridgehead atoms. The molecule has 1 atom stereocenters. The van der Waals surface area contributed by atoms with Crippen LogP contribution in [0.2, 0.25) is 0 Å². The number of hydrogen-bond acceptors (Lipinski definition) is 2. The fourth-order valence-corrected chi connectivity index (χ4v) is 13.4. The zero-order valence-electron chi connectivity index (χ0n) is 60.9. The van der Waals surface area contributed by atoms with Gasteiger partial charge in [0.05, 0.1) is 28.5 Å². The number of nitrogens with zero attached hydrogens (tertiary/aromatic N) is 4. The van der Waals surface area contributed by atoms with Crippen LogP contribution in [-0.4, -0.2) is 9.13 Å². The lowest BCUT2D eigenvalue weighted by atomic mass is 9.85. The molecule has 482 valence electrons. The third-order valence-corrected chi connectivity index (χ3v) is 19.6. The normalized spacial score (nSPS) is 14.6. The van der Waals surface area contributed by atoms with E-state index in [0.717, 1.165) is 34.1 Å². The lowest BCUT2D eigenvalue weighted by Crippen LogP contribution is -2.33. The van der Waals surface area contributed by atoms with E-state index < -0.39 is 0 Å². The van der Waals surface area contributed by atoms with Crippen molar-refractivity contribution >= 4 is 72.6 Å². The molecular weight excluding hydrogens is 1130 g/mol. The zero-order valence-corrected chi connectivity index (χ0v) is 60.9. The molecule has 0 saturated heterocycles. The third kappa shape index (κ3) is 13.2. The van der Waals surface area contributed by atoms with Gasteiger partial charge in [0.1, 0.15) is 0 Å². The Morgan fingerprint density at radius 2 is 0.548 bits per heavy atom. The summed E-state index contributed by atoms with van der Waals surface area (Å²) in [4.78, 5) is 5.08. The summed E-state index contributed by atoms with van der Waals surface area (Å²) in [5.74, 6) is 0. The van der Waals surface area contributed by atoms with Gasteiger partial charge in [-0.25, -0.2) is 0 Å². The second-order valence-corrected chi connectivity index (χ2v) is 35.0. The van der Waals surface area contributed by atoms with Crippen LogP contribution in [0.4, 0.5) is 22.7 Å². The maximum absolute atomic E-state index is 2.67. The average Bonchev–Trinajstić information content (AvgIpc) is 1.71. The molecule has 0 amide bonds. The predicted octanol–water partition coefficient (Wildman–Crippen LogP) is 25.4. The Balaban J connectivity index is 1.25. The van der Waals surface area contributed by atoms with Gasteiger partial charge in [-0.15, -0.1) is 0 Å². The van der Waals surface area contributed by atoms with Crippen molar-refractivity contribution in [3.8, 4) is 0 Å². The summed E-state index contributed by atoms with van der Waals surface area (Å²) in [6, 6.07) is 66.0. The highest BCUT2D eigenvalue weighted by molar-refractivity contribution is 6.11. The Kier molecular flexibility index (Phi) is 16.7. The minimum absolute atomic E-state index is 0.00168. The van der Waals surface area contributed by atoms with Crippen molar-refractivity contribution in [2.24, 2.45) is 0 Å². The standard InChI is InChI=1S/C89H106N4/c1-82(2,3)58-28-40-66(41-29-58)91(67-42-30-59(31-43-67)83(4,5)6)79-57-80(92(68-44-32-60(33-45-68)84(7,8)9)69-46-34-61(35-47-69)85(10,11)12)81(79)78(93-76-50-38-64(88(19,20)21)55-72(76)73-56-65(89(22,23)24)39-51-77(73)93)27-25-26-52-90-74-48-36-62(86(13,14)15)53-70(74)71-54-63(87(16,17)18)37-49-75(71)90/h25-57,78H,1-24H3/b27-25-,52-26+. The van der Waals surface area contributed by atoms with Crippen molar-refractivity contribution < 1.29 is 0 Å². The number of rotatable bonds is 11. The van der Waals surface area contributed by atoms with Gasteiger partial charge in [-0.2, -0.15) is 0 Å². The topological polar surface area (TPSA) is 16.3 Å². The van der Waals surface area contributed by atoms with Crippen LogP contribution in [-0.2, 0) is 43.3 Å². The Morgan fingerprint density at radius 1 is 0.290 bits per heavy atom. The first-order valence-corrected chi connectivity index (χ1v) is 34.2. The van der Waals surface area contributed by atoms with Crippen molar-refractivity contribution in [3.63, 3.8) is 0 Å². The van der Waals surface area contributed by atoms with E-state index in [1.54, 1.807) is 0 Å². The monoisotopic (exact) mass is 1230 g/mol. The number of fused-ring (bicyclic) bond motifs is 6. The van der Waals surface area contributed by atoms with Crippen LogP contribution in [0.5, 0.6) is 0 Å². The first-order valence-electron chi connectivity index (χ1n) is 34.2. The first kappa shape index (κ1) is 66.4. The molecule has 2 heterocycles. The van der Waals surface area contributed by atoms with Gasteiger partial charge in [0.2, 0.25) is 0 Å². The lowest BCUT2D eigenvalue weighted by molar-refractivity contribution is 0.590. The van der Waals surface area contributed by atoms with Gasteiger partial charge < -0.3 is 18.9 Å². The quantitative estimate of drug-likeness (QED) is 0.120. The highest BCUT2D eigenvalue weighted by Crippen LogP contribution is 2.52. The van der Waals surface area contributed by atoms with Gasteiger partial charge in [0.25, 0.3) is 0 Å². The molecule has 0 aliphatic heterocycles. The third-order valence-electron chi connectivity index (χ3n) is 19.6. The predicted molar refractivity (Wildman–Crippen MR) is 407 cm³/mol. The van der Waals surface area contributed by atoms with Gasteiger partial charge in [0, 0.05) is 67.1 Å². The maximum atomic E-state index is 2.67. The van der Waals surface area contributed by atoms with E-state index in [4.69, 9.17) is 0 Å². The molecule has 0 saturated carbocycles. The van der Waals surface area contributed by atoms with Crippen molar-refractivity contribution in [1.82, 2.24) is 9.13 Å². The number of benzene rings is 8. The molecule has 1 unspecified atom stereocenters. The minimum atomic E-state index is -0.345. The molecule has 0 radical (unpaired) electrons. The molecule has 1 aliphatic rings. The van der Waals surface area contributed by atoms with E-state index in [1.165, 1.54) is 93.7 Å². The fourth-order valence-electron chi connectivity index (χ4n) is 13.4.